The minimum absolute atomic E-state index is 0.220. The third-order valence-electron chi connectivity index (χ3n) is 3.06. The lowest BCUT2D eigenvalue weighted by molar-refractivity contribution is -0.119. The van der Waals surface area contributed by atoms with Crippen LogP contribution in [0.25, 0.3) is 0 Å². The second kappa shape index (κ2) is 6.08. The number of primary amides is 1. The number of piperidine rings is 1. The molecule has 2 unspecified atom stereocenters. The van der Waals surface area contributed by atoms with Crippen LogP contribution < -0.4 is 11.1 Å². The summed E-state index contributed by atoms with van der Waals surface area (Å²) in [5, 5.41) is 3.46. The molecule has 1 aliphatic heterocycles. The van der Waals surface area contributed by atoms with E-state index in [4.69, 9.17) is 5.73 Å². The maximum atomic E-state index is 10.9. The minimum atomic E-state index is -0.220. The van der Waals surface area contributed by atoms with E-state index in [2.05, 4.69) is 24.1 Å². The monoisotopic (exact) mass is 213 g/mol. The SMILES string of the molecule is CCNC1CC(CC)CN(CC(N)=O)C1. The molecule has 4 nitrogen and oxygen atoms in total. The van der Waals surface area contributed by atoms with E-state index >= 15 is 0 Å². The van der Waals surface area contributed by atoms with Crippen LogP contribution in [0.1, 0.15) is 26.7 Å². The standard InChI is InChI=1S/C11H23N3O/c1-3-9-5-10(13-4-2)7-14(6-9)8-11(12)15/h9-10,13H,3-8H2,1-2H3,(H2,12,15). The highest BCUT2D eigenvalue weighted by Gasteiger charge is 2.26. The van der Waals surface area contributed by atoms with E-state index in [9.17, 15) is 4.79 Å². The molecule has 0 saturated carbocycles. The number of carbonyl (C=O) groups excluding carboxylic acids is 1. The van der Waals surface area contributed by atoms with Crippen LogP contribution in [0, 0.1) is 5.92 Å². The van der Waals surface area contributed by atoms with E-state index in [0.717, 1.165) is 19.6 Å². The molecule has 0 spiro atoms. The Bertz CT molecular complexity index is 208. The highest BCUT2D eigenvalue weighted by molar-refractivity contribution is 5.75. The van der Waals surface area contributed by atoms with E-state index in [1.807, 2.05) is 0 Å². The van der Waals surface area contributed by atoms with Gasteiger partial charge in [-0.1, -0.05) is 20.3 Å². The first-order valence-corrected chi connectivity index (χ1v) is 5.89. The Morgan fingerprint density at radius 2 is 2.20 bits per heavy atom. The smallest absolute Gasteiger partial charge is 0.231 e. The van der Waals surface area contributed by atoms with E-state index in [-0.39, 0.29) is 5.91 Å². The van der Waals surface area contributed by atoms with Crippen molar-refractivity contribution in [3.8, 4) is 0 Å². The summed E-state index contributed by atoms with van der Waals surface area (Å²) < 4.78 is 0. The Morgan fingerprint density at radius 3 is 2.73 bits per heavy atom. The van der Waals surface area contributed by atoms with Crippen molar-refractivity contribution < 1.29 is 4.79 Å². The highest BCUT2D eigenvalue weighted by Crippen LogP contribution is 2.19. The number of rotatable bonds is 5. The molecule has 1 saturated heterocycles. The highest BCUT2D eigenvalue weighted by atomic mass is 16.1. The number of nitrogens with two attached hydrogens (primary N) is 1. The number of nitrogens with one attached hydrogen (secondary N) is 1. The van der Waals surface area contributed by atoms with Crippen molar-refractivity contribution >= 4 is 5.91 Å². The van der Waals surface area contributed by atoms with Gasteiger partial charge in [0, 0.05) is 19.1 Å². The molecule has 0 aliphatic carbocycles. The van der Waals surface area contributed by atoms with Gasteiger partial charge in [0.05, 0.1) is 6.54 Å². The predicted octanol–water partition coefficient (Wildman–Crippen LogP) is 0.182. The number of hydrogen-bond donors (Lipinski definition) is 2. The van der Waals surface area contributed by atoms with Gasteiger partial charge in [-0.3, -0.25) is 9.69 Å². The normalized spacial score (nSPS) is 27.9. The Labute approximate surface area is 92.2 Å². The van der Waals surface area contributed by atoms with Crippen LogP contribution in [-0.4, -0.2) is 43.0 Å². The molecule has 1 amide bonds. The van der Waals surface area contributed by atoms with Gasteiger partial charge in [-0.25, -0.2) is 0 Å². The average molecular weight is 213 g/mol. The summed E-state index contributed by atoms with van der Waals surface area (Å²) in [6.07, 6.45) is 2.40. The Balaban J connectivity index is 2.46. The third kappa shape index (κ3) is 4.18. The molecule has 2 atom stereocenters. The first-order valence-electron chi connectivity index (χ1n) is 5.89. The summed E-state index contributed by atoms with van der Waals surface area (Å²) in [4.78, 5) is 13.1. The molecule has 1 aliphatic rings. The van der Waals surface area contributed by atoms with Gasteiger partial charge in [0.1, 0.15) is 0 Å². The fourth-order valence-corrected chi connectivity index (χ4v) is 2.38. The fraction of sp³-hybridized carbons (Fsp3) is 0.909. The molecule has 0 bridgehead atoms. The van der Waals surface area contributed by atoms with Gasteiger partial charge in [0.2, 0.25) is 5.91 Å². The number of likely N-dealkylation sites (tertiary alicyclic amines) is 1. The van der Waals surface area contributed by atoms with Crippen molar-refractivity contribution in [3.05, 3.63) is 0 Å². The molecule has 15 heavy (non-hydrogen) atoms. The van der Waals surface area contributed by atoms with Gasteiger partial charge in [0.15, 0.2) is 0 Å². The molecular formula is C11H23N3O. The zero-order valence-electron chi connectivity index (χ0n) is 9.83. The Morgan fingerprint density at radius 1 is 1.47 bits per heavy atom. The van der Waals surface area contributed by atoms with Crippen LogP contribution in [0.4, 0.5) is 0 Å². The summed E-state index contributed by atoms with van der Waals surface area (Å²) in [6.45, 7) is 7.69. The summed E-state index contributed by atoms with van der Waals surface area (Å²) in [5.74, 6) is 0.476. The lowest BCUT2D eigenvalue weighted by atomic mass is 9.92. The van der Waals surface area contributed by atoms with E-state index in [0.29, 0.717) is 18.5 Å². The maximum absolute atomic E-state index is 10.9. The fourth-order valence-electron chi connectivity index (χ4n) is 2.38. The van der Waals surface area contributed by atoms with Crippen molar-refractivity contribution in [1.82, 2.24) is 10.2 Å². The molecule has 0 radical (unpaired) electrons. The molecule has 1 rings (SSSR count). The van der Waals surface area contributed by atoms with Crippen LogP contribution >= 0.6 is 0 Å². The lowest BCUT2D eigenvalue weighted by Crippen LogP contribution is -2.51. The van der Waals surface area contributed by atoms with Gasteiger partial charge in [-0.2, -0.15) is 0 Å². The molecule has 1 fully saturated rings. The summed E-state index contributed by atoms with van der Waals surface area (Å²) in [7, 11) is 0. The van der Waals surface area contributed by atoms with Crippen molar-refractivity contribution in [1.29, 1.82) is 0 Å². The van der Waals surface area contributed by atoms with Crippen LogP contribution in [-0.2, 0) is 4.79 Å². The van der Waals surface area contributed by atoms with E-state index in [1.165, 1.54) is 12.8 Å². The van der Waals surface area contributed by atoms with Crippen molar-refractivity contribution in [2.45, 2.75) is 32.7 Å². The van der Waals surface area contributed by atoms with E-state index < -0.39 is 0 Å². The van der Waals surface area contributed by atoms with Crippen molar-refractivity contribution in [2.24, 2.45) is 11.7 Å². The van der Waals surface area contributed by atoms with Crippen LogP contribution in [0.15, 0.2) is 0 Å². The zero-order chi connectivity index (χ0) is 11.3. The second-order valence-corrected chi connectivity index (χ2v) is 4.42. The largest absolute Gasteiger partial charge is 0.369 e. The van der Waals surface area contributed by atoms with Gasteiger partial charge in [-0.15, -0.1) is 0 Å². The van der Waals surface area contributed by atoms with Gasteiger partial charge >= 0.3 is 0 Å². The maximum Gasteiger partial charge on any atom is 0.231 e. The molecular weight excluding hydrogens is 190 g/mol. The lowest BCUT2D eigenvalue weighted by Gasteiger charge is -2.37. The quantitative estimate of drug-likeness (QED) is 0.685. The number of amides is 1. The summed E-state index contributed by atoms with van der Waals surface area (Å²) >= 11 is 0. The molecule has 4 heteroatoms. The number of likely N-dealkylation sites (N-methyl/N-ethyl adjacent to an activating group) is 1. The molecule has 0 aromatic carbocycles. The first-order chi connectivity index (χ1) is 7.15. The van der Waals surface area contributed by atoms with Crippen LogP contribution in [0.5, 0.6) is 0 Å². The van der Waals surface area contributed by atoms with Crippen LogP contribution in [0.2, 0.25) is 0 Å². The summed E-state index contributed by atoms with van der Waals surface area (Å²) in [5.41, 5.74) is 5.23. The van der Waals surface area contributed by atoms with Gasteiger partial charge in [0.25, 0.3) is 0 Å². The molecule has 1 heterocycles. The van der Waals surface area contributed by atoms with Crippen molar-refractivity contribution in [3.63, 3.8) is 0 Å². The molecule has 88 valence electrons. The number of hydrogen-bond acceptors (Lipinski definition) is 3. The predicted molar refractivity (Wildman–Crippen MR) is 61.5 cm³/mol. The summed E-state index contributed by atoms with van der Waals surface area (Å²) in [6, 6.07) is 0.521. The van der Waals surface area contributed by atoms with E-state index in [1.54, 1.807) is 0 Å². The van der Waals surface area contributed by atoms with Crippen molar-refractivity contribution in [2.75, 3.05) is 26.2 Å². The average Bonchev–Trinajstić information content (AvgIpc) is 2.16. The molecule has 3 N–H and O–H groups in total. The first kappa shape index (κ1) is 12.5. The van der Waals surface area contributed by atoms with Gasteiger partial charge in [-0.05, 0) is 18.9 Å². The minimum Gasteiger partial charge on any atom is -0.369 e. The van der Waals surface area contributed by atoms with Gasteiger partial charge < -0.3 is 11.1 Å². The molecule has 0 aromatic rings. The number of nitrogens with zero attached hydrogens (tertiary/aromatic N) is 1. The zero-order valence-corrected chi connectivity index (χ0v) is 9.83. The number of carbonyl (C=O) groups is 1. The second-order valence-electron chi connectivity index (χ2n) is 4.42. The topological polar surface area (TPSA) is 58.4 Å². The Hall–Kier alpha value is -0.610. The third-order valence-corrected chi connectivity index (χ3v) is 3.06. The molecule has 0 aromatic heterocycles. The van der Waals surface area contributed by atoms with Crippen LogP contribution in [0.3, 0.4) is 0 Å². The Kier molecular flexibility index (Phi) is 5.05.